The molecule has 3 aromatic rings. The van der Waals surface area contributed by atoms with E-state index in [1.165, 1.54) is 17.0 Å². The quantitative estimate of drug-likeness (QED) is 0.708. The number of imidazole rings is 1. The first-order valence-corrected chi connectivity index (χ1v) is 9.45. The molecule has 0 saturated heterocycles. The molecular formula is C20H18F3N5O. The van der Waals surface area contributed by atoms with Crippen molar-refractivity contribution in [1.82, 2.24) is 19.7 Å². The third-order valence-corrected chi connectivity index (χ3v) is 5.46. The first-order valence-electron chi connectivity index (χ1n) is 9.45. The number of alkyl halides is 3. The molecule has 0 spiro atoms. The Morgan fingerprint density at radius 2 is 1.86 bits per heavy atom. The molecule has 0 bridgehead atoms. The predicted octanol–water partition coefficient (Wildman–Crippen LogP) is 4.39. The monoisotopic (exact) mass is 401 g/mol. The number of aromatic nitrogens is 4. The van der Waals surface area contributed by atoms with E-state index < -0.39 is 11.7 Å². The molecule has 1 aliphatic heterocycles. The number of hydrogen-bond acceptors (Lipinski definition) is 3. The summed E-state index contributed by atoms with van der Waals surface area (Å²) in [5.74, 6) is 1.07. The highest BCUT2D eigenvalue weighted by Gasteiger charge is 2.36. The molecule has 1 N–H and O–H groups in total. The van der Waals surface area contributed by atoms with E-state index in [2.05, 4.69) is 15.1 Å². The van der Waals surface area contributed by atoms with E-state index in [-0.39, 0.29) is 11.9 Å². The number of nitrogens with zero attached hydrogens (tertiary/aromatic N) is 4. The Kier molecular flexibility index (Phi) is 3.84. The summed E-state index contributed by atoms with van der Waals surface area (Å²) in [6.45, 7) is 2.25. The van der Waals surface area contributed by atoms with E-state index in [4.69, 9.17) is 0 Å². The van der Waals surface area contributed by atoms with E-state index >= 15 is 0 Å². The number of hydrogen-bond donors (Lipinski definition) is 1. The van der Waals surface area contributed by atoms with Crippen molar-refractivity contribution >= 4 is 11.6 Å². The molecule has 9 heteroatoms. The van der Waals surface area contributed by atoms with Gasteiger partial charge in [0.15, 0.2) is 0 Å². The molecular weight excluding hydrogens is 383 g/mol. The van der Waals surface area contributed by atoms with Crippen molar-refractivity contribution in [1.29, 1.82) is 0 Å². The molecule has 29 heavy (non-hydrogen) atoms. The number of amides is 1. The minimum atomic E-state index is -4.41. The third kappa shape index (κ3) is 3.01. The van der Waals surface area contributed by atoms with Gasteiger partial charge in [-0.2, -0.15) is 18.3 Å². The second-order valence-corrected chi connectivity index (χ2v) is 7.62. The summed E-state index contributed by atoms with van der Waals surface area (Å²) >= 11 is 0. The van der Waals surface area contributed by atoms with Crippen molar-refractivity contribution in [3.63, 3.8) is 0 Å². The zero-order valence-electron chi connectivity index (χ0n) is 15.6. The van der Waals surface area contributed by atoms with Gasteiger partial charge in [0, 0.05) is 18.2 Å². The second-order valence-electron chi connectivity index (χ2n) is 7.62. The first kappa shape index (κ1) is 18.0. The standard InChI is InChI=1S/C20H18F3N5O/c1-11-10-27(14-6-4-13(5-7-14)20(21,22)23)19(29)17-15(8-25-28(11)17)16-9-24-18(26-16)12-2-3-12/h4-9,11-12H,2-3,10H2,1H3,(H,24,26). The van der Waals surface area contributed by atoms with Crippen molar-refractivity contribution in [2.45, 2.75) is 37.9 Å². The van der Waals surface area contributed by atoms with Crippen LogP contribution >= 0.6 is 0 Å². The number of anilines is 1. The summed E-state index contributed by atoms with van der Waals surface area (Å²) in [4.78, 5) is 22.5. The number of fused-ring (bicyclic) bond motifs is 1. The number of carbonyl (C=O) groups excluding carboxylic acids is 1. The average molecular weight is 401 g/mol. The molecule has 1 unspecified atom stereocenters. The van der Waals surface area contributed by atoms with Crippen LogP contribution in [0.5, 0.6) is 0 Å². The lowest BCUT2D eigenvalue weighted by Crippen LogP contribution is -2.42. The smallest absolute Gasteiger partial charge is 0.342 e. The summed E-state index contributed by atoms with van der Waals surface area (Å²) in [7, 11) is 0. The molecule has 1 aliphatic carbocycles. The van der Waals surface area contributed by atoms with Gasteiger partial charge in [-0.05, 0) is 44.0 Å². The van der Waals surface area contributed by atoms with Crippen LogP contribution < -0.4 is 4.90 Å². The molecule has 1 atom stereocenters. The van der Waals surface area contributed by atoms with Gasteiger partial charge >= 0.3 is 6.18 Å². The van der Waals surface area contributed by atoms with Gasteiger partial charge < -0.3 is 9.88 Å². The van der Waals surface area contributed by atoms with Crippen molar-refractivity contribution in [3.05, 3.63) is 53.7 Å². The predicted molar refractivity (Wildman–Crippen MR) is 99.6 cm³/mol. The first-order chi connectivity index (χ1) is 13.8. The zero-order chi connectivity index (χ0) is 20.3. The van der Waals surface area contributed by atoms with Gasteiger partial charge in [-0.3, -0.25) is 9.48 Å². The summed E-state index contributed by atoms with van der Waals surface area (Å²) < 4.78 is 40.3. The lowest BCUT2D eigenvalue weighted by molar-refractivity contribution is -0.137. The number of benzene rings is 1. The summed E-state index contributed by atoms with van der Waals surface area (Å²) in [5.41, 5.74) is 1.47. The van der Waals surface area contributed by atoms with Crippen LogP contribution in [0, 0.1) is 0 Å². The summed E-state index contributed by atoms with van der Waals surface area (Å²) in [5, 5.41) is 4.38. The lowest BCUT2D eigenvalue weighted by atomic mass is 10.1. The van der Waals surface area contributed by atoms with Crippen molar-refractivity contribution in [3.8, 4) is 11.3 Å². The van der Waals surface area contributed by atoms with Crippen LogP contribution in [0.25, 0.3) is 11.3 Å². The Labute approximate surface area is 164 Å². The number of H-pyrrole nitrogens is 1. The SMILES string of the molecule is CC1CN(c2ccc(C(F)(F)F)cc2)C(=O)c2c(-c3cnc(C4CC4)[nH]3)cnn21. The maximum absolute atomic E-state index is 13.3. The van der Waals surface area contributed by atoms with Crippen molar-refractivity contribution in [2.75, 3.05) is 11.4 Å². The maximum Gasteiger partial charge on any atom is 0.416 e. The largest absolute Gasteiger partial charge is 0.416 e. The molecule has 150 valence electrons. The molecule has 0 radical (unpaired) electrons. The van der Waals surface area contributed by atoms with E-state index in [0.717, 1.165) is 36.5 Å². The topological polar surface area (TPSA) is 66.8 Å². The molecule has 1 fully saturated rings. The van der Waals surface area contributed by atoms with Crippen molar-refractivity contribution in [2.24, 2.45) is 0 Å². The molecule has 3 heterocycles. The van der Waals surface area contributed by atoms with E-state index in [1.807, 2.05) is 6.92 Å². The molecule has 2 aromatic heterocycles. The van der Waals surface area contributed by atoms with Crippen LogP contribution in [0.2, 0.25) is 0 Å². The van der Waals surface area contributed by atoms with Crippen LogP contribution in [-0.2, 0) is 6.18 Å². The number of nitrogens with one attached hydrogen (secondary N) is 1. The highest BCUT2D eigenvalue weighted by Crippen LogP contribution is 2.40. The van der Waals surface area contributed by atoms with Crippen LogP contribution in [0.4, 0.5) is 18.9 Å². The van der Waals surface area contributed by atoms with Gasteiger partial charge in [0.05, 0.1) is 35.3 Å². The molecule has 5 rings (SSSR count). The number of rotatable bonds is 3. The highest BCUT2D eigenvalue weighted by atomic mass is 19.4. The Bertz CT molecular complexity index is 1080. The van der Waals surface area contributed by atoms with Crippen LogP contribution in [0.3, 0.4) is 0 Å². The maximum atomic E-state index is 13.3. The molecule has 1 saturated carbocycles. The zero-order valence-corrected chi connectivity index (χ0v) is 15.6. The van der Waals surface area contributed by atoms with Crippen LogP contribution in [0.1, 0.15) is 53.6 Å². The average Bonchev–Trinajstić information content (AvgIpc) is 3.24. The van der Waals surface area contributed by atoms with E-state index in [9.17, 15) is 18.0 Å². The van der Waals surface area contributed by atoms with Crippen molar-refractivity contribution < 1.29 is 18.0 Å². The van der Waals surface area contributed by atoms with Gasteiger partial charge in [0.1, 0.15) is 11.5 Å². The molecule has 2 aliphatic rings. The summed E-state index contributed by atoms with van der Waals surface area (Å²) in [6, 6.07) is 4.54. The van der Waals surface area contributed by atoms with Crippen LogP contribution in [0.15, 0.2) is 36.7 Å². The minimum Gasteiger partial charge on any atom is -0.342 e. The third-order valence-electron chi connectivity index (χ3n) is 5.46. The van der Waals surface area contributed by atoms with Gasteiger partial charge in [0.2, 0.25) is 0 Å². The summed E-state index contributed by atoms with van der Waals surface area (Å²) in [6.07, 6.45) is 1.15. The van der Waals surface area contributed by atoms with E-state index in [0.29, 0.717) is 29.4 Å². The highest BCUT2D eigenvalue weighted by molar-refractivity contribution is 6.09. The fourth-order valence-electron chi connectivity index (χ4n) is 3.75. The Balaban J connectivity index is 1.51. The van der Waals surface area contributed by atoms with Gasteiger partial charge in [-0.1, -0.05) is 0 Å². The minimum absolute atomic E-state index is 0.121. The molecule has 1 aromatic carbocycles. The fourth-order valence-corrected chi connectivity index (χ4v) is 3.75. The van der Waals surface area contributed by atoms with Gasteiger partial charge in [-0.15, -0.1) is 0 Å². The second kappa shape index (κ2) is 6.20. The molecule has 1 amide bonds. The van der Waals surface area contributed by atoms with E-state index in [1.54, 1.807) is 17.1 Å². The Hall–Kier alpha value is -3.10. The molecule has 6 nitrogen and oxygen atoms in total. The normalized spacial score (nSPS) is 19.5. The Morgan fingerprint density at radius 1 is 1.14 bits per heavy atom. The van der Waals surface area contributed by atoms with Gasteiger partial charge in [-0.25, -0.2) is 4.98 Å². The number of halogens is 3. The lowest BCUT2D eigenvalue weighted by Gasteiger charge is -2.32. The number of aromatic amines is 1. The number of carbonyl (C=O) groups is 1. The Morgan fingerprint density at radius 3 is 2.52 bits per heavy atom. The van der Waals surface area contributed by atoms with Crippen LogP contribution in [-0.4, -0.2) is 32.2 Å². The van der Waals surface area contributed by atoms with Gasteiger partial charge in [0.25, 0.3) is 5.91 Å². The fraction of sp³-hybridized carbons (Fsp3) is 0.350.